The van der Waals surface area contributed by atoms with Crippen LogP contribution in [0.3, 0.4) is 0 Å². The van der Waals surface area contributed by atoms with E-state index >= 15 is 0 Å². The van der Waals surface area contributed by atoms with E-state index in [1.54, 1.807) is 0 Å². The first kappa shape index (κ1) is 9.53. The van der Waals surface area contributed by atoms with Gasteiger partial charge in [-0.1, -0.05) is 25.2 Å². The average Bonchev–Trinajstić information content (AvgIpc) is 2.05. The lowest BCUT2D eigenvalue weighted by atomic mass is 9.82. The van der Waals surface area contributed by atoms with Crippen molar-refractivity contribution in [1.82, 2.24) is 0 Å². The van der Waals surface area contributed by atoms with Gasteiger partial charge in [-0.2, -0.15) is 0 Å². The zero-order chi connectivity index (χ0) is 9.19. The molecule has 0 aliphatic carbocycles. The zero-order valence-electron chi connectivity index (χ0n) is 8.10. The lowest BCUT2D eigenvalue weighted by molar-refractivity contribution is -0.0178. The zero-order valence-corrected chi connectivity index (χ0v) is 8.10. The van der Waals surface area contributed by atoms with Gasteiger partial charge in [0.25, 0.3) is 0 Å². The predicted octanol–water partition coefficient (Wildman–Crippen LogP) is 2.93. The first-order valence-electron chi connectivity index (χ1n) is 4.48. The van der Waals surface area contributed by atoms with Crippen molar-refractivity contribution in [1.29, 1.82) is 0 Å². The van der Waals surface area contributed by atoms with Gasteiger partial charge >= 0.3 is 0 Å². The van der Waals surface area contributed by atoms with E-state index < -0.39 is 0 Å². The Balaban J connectivity index is 2.49. The van der Waals surface area contributed by atoms with Crippen molar-refractivity contribution >= 4 is 0 Å². The van der Waals surface area contributed by atoms with E-state index in [2.05, 4.69) is 20.1 Å². The maximum Gasteiger partial charge on any atom is 0.0780 e. The third-order valence-corrected chi connectivity index (χ3v) is 2.63. The van der Waals surface area contributed by atoms with Crippen LogP contribution in [0.1, 0.15) is 26.7 Å². The van der Waals surface area contributed by atoms with E-state index in [0.29, 0.717) is 0 Å². The van der Waals surface area contributed by atoms with Crippen LogP contribution in [0.5, 0.6) is 0 Å². The van der Waals surface area contributed by atoms with Crippen molar-refractivity contribution in [2.75, 3.05) is 6.61 Å². The predicted molar refractivity (Wildman–Crippen MR) is 52.1 cm³/mol. The molecule has 1 heterocycles. The molecule has 0 N–H and O–H groups in total. The smallest absolute Gasteiger partial charge is 0.0780 e. The molecule has 0 bridgehead atoms. The number of ether oxygens (including phenoxy) is 1. The summed E-state index contributed by atoms with van der Waals surface area (Å²) in [6.45, 7) is 12.7. The van der Waals surface area contributed by atoms with Crippen LogP contribution >= 0.6 is 0 Å². The van der Waals surface area contributed by atoms with Gasteiger partial charge in [0.15, 0.2) is 0 Å². The molecule has 0 aromatic rings. The van der Waals surface area contributed by atoms with Crippen molar-refractivity contribution in [3.05, 3.63) is 24.8 Å². The highest BCUT2D eigenvalue weighted by Crippen LogP contribution is 2.33. The Bertz CT molecular complexity index is 185. The van der Waals surface area contributed by atoms with E-state index in [0.717, 1.165) is 25.0 Å². The number of rotatable bonds is 2. The average molecular weight is 166 g/mol. The molecule has 0 aromatic carbocycles. The molecule has 1 fully saturated rings. The first-order valence-corrected chi connectivity index (χ1v) is 4.48. The summed E-state index contributed by atoms with van der Waals surface area (Å²) < 4.78 is 5.68. The molecule has 1 saturated heterocycles. The second kappa shape index (κ2) is 3.44. The highest BCUT2D eigenvalue weighted by molar-refractivity contribution is 5.03. The summed E-state index contributed by atoms with van der Waals surface area (Å²) in [5.74, 6) is 0. The minimum Gasteiger partial charge on any atom is -0.373 e. The Labute approximate surface area is 75.1 Å². The lowest BCUT2D eigenvalue weighted by Crippen LogP contribution is -2.32. The van der Waals surface area contributed by atoms with Crippen molar-refractivity contribution in [2.45, 2.75) is 32.8 Å². The molecule has 2 unspecified atom stereocenters. The van der Waals surface area contributed by atoms with E-state index in [1.807, 2.05) is 13.0 Å². The van der Waals surface area contributed by atoms with E-state index in [4.69, 9.17) is 4.74 Å². The minimum atomic E-state index is 0.186. The normalized spacial score (nSPS) is 36.0. The molecule has 0 saturated carbocycles. The van der Waals surface area contributed by atoms with Gasteiger partial charge in [-0.25, -0.2) is 0 Å². The van der Waals surface area contributed by atoms with Crippen LogP contribution in [0.4, 0.5) is 0 Å². The van der Waals surface area contributed by atoms with E-state index in [9.17, 15) is 0 Å². The van der Waals surface area contributed by atoms with E-state index in [-0.39, 0.29) is 11.5 Å². The van der Waals surface area contributed by atoms with Gasteiger partial charge in [-0.05, 0) is 19.8 Å². The Morgan fingerprint density at radius 1 is 1.67 bits per heavy atom. The Kier molecular flexibility index (Phi) is 2.73. The molecule has 2 atom stereocenters. The molecule has 0 radical (unpaired) electrons. The van der Waals surface area contributed by atoms with Gasteiger partial charge < -0.3 is 4.74 Å². The Hall–Kier alpha value is -0.560. The fraction of sp³-hybridized carbons (Fsp3) is 0.636. The monoisotopic (exact) mass is 166 g/mol. The van der Waals surface area contributed by atoms with Gasteiger partial charge in [-0.15, -0.1) is 6.58 Å². The molecule has 0 spiro atoms. The molecule has 1 aliphatic heterocycles. The molecule has 68 valence electrons. The van der Waals surface area contributed by atoms with Crippen molar-refractivity contribution < 1.29 is 4.74 Å². The van der Waals surface area contributed by atoms with Gasteiger partial charge in [0.05, 0.1) is 12.7 Å². The van der Waals surface area contributed by atoms with Gasteiger partial charge in [0, 0.05) is 5.41 Å². The summed E-state index contributed by atoms with van der Waals surface area (Å²) in [6, 6.07) is 0. The largest absolute Gasteiger partial charge is 0.373 e. The summed E-state index contributed by atoms with van der Waals surface area (Å²) in [5.41, 5.74) is 1.33. The molecule has 1 heteroatoms. The SMILES string of the molecule is C=CC1(C)CCC(C(=C)C)OC1. The molecule has 1 aliphatic rings. The third kappa shape index (κ3) is 1.98. The van der Waals surface area contributed by atoms with Crippen LogP contribution in [0, 0.1) is 5.41 Å². The summed E-state index contributed by atoms with van der Waals surface area (Å²) >= 11 is 0. The fourth-order valence-electron chi connectivity index (χ4n) is 1.46. The van der Waals surface area contributed by atoms with Crippen molar-refractivity contribution in [3.63, 3.8) is 0 Å². The number of hydrogen-bond donors (Lipinski definition) is 0. The highest BCUT2D eigenvalue weighted by atomic mass is 16.5. The van der Waals surface area contributed by atoms with Crippen LogP contribution in [0.2, 0.25) is 0 Å². The van der Waals surface area contributed by atoms with E-state index in [1.165, 1.54) is 0 Å². The molecule has 0 aromatic heterocycles. The van der Waals surface area contributed by atoms with Crippen LogP contribution in [-0.4, -0.2) is 12.7 Å². The summed E-state index contributed by atoms with van der Waals surface area (Å²) in [5, 5.41) is 0. The molecular formula is C11H18O. The topological polar surface area (TPSA) is 9.23 Å². The minimum absolute atomic E-state index is 0.186. The van der Waals surface area contributed by atoms with Crippen LogP contribution in [0.15, 0.2) is 24.8 Å². The third-order valence-electron chi connectivity index (χ3n) is 2.63. The Morgan fingerprint density at radius 3 is 2.67 bits per heavy atom. The maximum atomic E-state index is 5.68. The summed E-state index contributed by atoms with van der Waals surface area (Å²) in [4.78, 5) is 0. The van der Waals surface area contributed by atoms with Crippen LogP contribution < -0.4 is 0 Å². The summed E-state index contributed by atoms with van der Waals surface area (Å²) in [7, 11) is 0. The van der Waals surface area contributed by atoms with Crippen LogP contribution in [0.25, 0.3) is 0 Å². The Morgan fingerprint density at radius 2 is 2.33 bits per heavy atom. The van der Waals surface area contributed by atoms with Gasteiger partial charge in [0.1, 0.15) is 0 Å². The second-order valence-corrected chi connectivity index (χ2v) is 4.04. The highest BCUT2D eigenvalue weighted by Gasteiger charge is 2.29. The lowest BCUT2D eigenvalue weighted by Gasteiger charge is -2.35. The number of hydrogen-bond acceptors (Lipinski definition) is 1. The van der Waals surface area contributed by atoms with Gasteiger partial charge in [-0.3, -0.25) is 0 Å². The molecular weight excluding hydrogens is 148 g/mol. The maximum absolute atomic E-state index is 5.68. The van der Waals surface area contributed by atoms with Crippen molar-refractivity contribution in [2.24, 2.45) is 5.41 Å². The molecule has 1 nitrogen and oxygen atoms in total. The van der Waals surface area contributed by atoms with Crippen LogP contribution in [-0.2, 0) is 4.74 Å². The molecule has 12 heavy (non-hydrogen) atoms. The quantitative estimate of drug-likeness (QED) is 0.573. The summed E-state index contributed by atoms with van der Waals surface area (Å²) in [6.07, 6.45) is 4.52. The fourth-order valence-corrected chi connectivity index (χ4v) is 1.46. The van der Waals surface area contributed by atoms with Crippen molar-refractivity contribution in [3.8, 4) is 0 Å². The molecule has 1 rings (SSSR count). The standard InChI is InChI=1S/C11H18O/c1-5-11(4)7-6-10(9(2)3)12-8-11/h5,10H,1-2,6-8H2,3-4H3. The first-order chi connectivity index (χ1) is 5.57. The van der Waals surface area contributed by atoms with Gasteiger partial charge in [0.2, 0.25) is 0 Å². The second-order valence-electron chi connectivity index (χ2n) is 4.04. The molecule has 0 amide bonds.